The highest BCUT2D eigenvalue weighted by atomic mass is 19.4. The van der Waals surface area contributed by atoms with Gasteiger partial charge in [-0.2, -0.15) is 13.2 Å². The van der Waals surface area contributed by atoms with Crippen LogP contribution >= 0.6 is 0 Å². The molecule has 0 spiro atoms. The Morgan fingerprint density at radius 1 is 0.786 bits per heavy atom. The molecular weight excluding hydrogens is 545 g/mol. The minimum absolute atomic E-state index is 0.0177. The number of anilines is 1. The van der Waals surface area contributed by atoms with Crippen LogP contribution in [0.3, 0.4) is 0 Å². The van der Waals surface area contributed by atoms with E-state index in [9.17, 15) is 27.6 Å². The minimum atomic E-state index is -4.47. The summed E-state index contributed by atoms with van der Waals surface area (Å²) in [6.45, 7) is 3.74. The Labute approximate surface area is 247 Å². The van der Waals surface area contributed by atoms with Gasteiger partial charge in [0.1, 0.15) is 0 Å². The number of allylic oxidation sites excluding steroid dienone is 2. The summed E-state index contributed by atoms with van der Waals surface area (Å²) < 4.78 is 43.6. The number of nitrogens with one attached hydrogen (secondary N) is 1. The summed E-state index contributed by atoms with van der Waals surface area (Å²) in [4.78, 5) is 38.4. The minimum Gasteiger partial charge on any atom is -0.459 e. The van der Waals surface area contributed by atoms with Crippen LogP contribution in [0.4, 0.5) is 18.9 Å². The molecule has 0 aromatic heterocycles. The van der Waals surface area contributed by atoms with Gasteiger partial charge in [0.25, 0.3) is 0 Å². The second-order valence-corrected chi connectivity index (χ2v) is 10.2. The highest BCUT2D eigenvalue weighted by molar-refractivity contribution is 6.32. The van der Waals surface area contributed by atoms with Crippen molar-refractivity contribution in [3.05, 3.63) is 77.4 Å². The van der Waals surface area contributed by atoms with E-state index in [1.54, 1.807) is 31.2 Å². The molecule has 0 aliphatic rings. The molecule has 230 valence electrons. The van der Waals surface area contributed by atoms with Crippen LogP contribution in [0.25, 0.3) is 0 Å². The third kappa shape index (κ3) is 13.4. The third-order valence-electron chi connectivity index (χ3n) is 6.67. The maximum Gasteiger partial charge on any atom is 0.416 e. The molecule has 6 nitrogen and oxygen atoms in total. The quantitative estimate of drug-likeness (QED) is 0.0875. The van der Waals surface area contributed by atoms with Gasteiger partial charge in [0.2, 0.25) is 5.91 Å². The van der Waals surface area contributed by atoms with Gasteiger partial charge in [-0.25, -0.2) is 4.79 Å². The van der Waals surface area contributed by atoms with Crippen molar-refractivity contribution in [3.8, 4) is 0 Å². The van der Waals surface area contributed by atoms with Crippen LogP contribution in [-0.2, 0) is 38.4 Å². The molecule has 42 heavy (non-hydrogen) atoms. The molecule has 0 unspecified atom stereocenters. The molecule has 0 heterocycles. The normalized spacial score (nSPS) is 11.5. The number of hydrogen-bond donors (Lipinski definition) is 1. The summed E-state index contributed by atoms with van der Waals surface area (Å²) in [5, 5.41) is 2.88. The number of ether oxygens (including phenoxy) is 1. The Morgan fingerprint density at radius 3 is 1.90 bits per heavy atom. The lowest BCUT2D eigenvalue weighted by Crippen LogP contribution is -2.36. The van der Waals surface area contributed by atoms with Crippen molar-refractivity contribution in [1.82, 2.24) is 4.90 Å². The molecule has 0 aliphatic carbocycles. The van der Waals surface area contributed by atoms with E-state index in [2.05, 4.69) is 24.4 Å². The highest BCUT2D eigenvalue weighted by Crippen LogP contribution is 2.29. The molecular formula is C33H43F3N2O4. The number of carbonyl (C=O) groups excluding carboxylic acids is 3. The lowest BCUT2D eigenvalue weighted by Gasteiger charge is -2.22. The van der Waals surface area contributed by atoms with Gasteiger partial charge < -0.3 is 15.0 Å². The Morgan fingerprint density at radius 2 is 1.33 bits per heavy atom. The molecule has 2 aromatic rings. The molecule has 2 amide bonds. The molecule has 0 fully saturated rings. The fraction of sp³-hybridized carbons (Fsp3) is 0.485. The zero-order valence-electron chi connectivity index (χ0n) is 24.7. The van der Waals surface area contributed by atoms with Crippen molar-refractivity contribution in [2.75, 3.05) is 11.9 Å². The first-order valence-electron chi connectivity index (χ1n) is 14.8. The van der Waals surface area contributed by atoms with Gasteiger partial charge >= 0.3 is 18.1 Å². The zero-order valence-corrected chi connectivity index (χ0v) is 24.7. The number of hydrogen-bond acceptors (Lipinski definition) is 4. The van der Waals surface area contributed by atoms with Gasteiger partial charge in [-0.05, 0) is 68.0 Å². The number of halogens is 3. The molecule has 9 heteroatoms. The van der Waals surface area contributed by atoms with E-state index in [4.69, 9.17) is 4.74 Å². The van der Waals surface area contributed by atoms with Gasteiger partial charge in [-0.3, -0.25) is 9.59 Å². The average Bonchev–Trinajstić information content (AvgIpc) is 2.96. The first-order valence-corrected chi connectivity index (χ1v) is 14.8. The van der Waals surface area contributed by atoms with Crippen LogP contribution in [0.1, 0.15) is 94.7 Å². The molecule has 0 aliphatic heterocycles. The van der Waals surface area contributed by atoms with Crippen molar-refractivity contribution in [2.45, 2.75) is 97.3 Å². The monoisotopic (exact) mass is 588 g/mol. The number of alkyl halides is 3. The number of unbranched alkanes of at least 4 members (excludes halogenated alkanes) is 7. The third-order valence-corrected chi connectivity index (χ3v) is 6.67. The second-order valence-electron chi connectivity index (χ2n) is 10.2. The van der Waals surface area contributed by atoms with Crippen molar-refractivity contribution >= 4 is 23.5 Å². The van der Waals surface area contributed by atoms with E-state index < -0.39 is 23.6 Å². The molecule has 0 saturated carbocycles. The molecule has 0 radical (unpaired) electrons. The van der Waals surface area contributed by atoms with Crippen molar-refractivity contribution < 1.29 is 32.3 Å². The van der Waals surface area contributed by atoms with Gasteiger partial charge in [0, 0.05) is 25.2 Å². The smallest absolute Gasteiger partial charge is 0.416 e. The maximum absolute atomic E-state index is 12.9. The Bertz CT molecular complexity index is 1130. The van der Waals surface area contributed by atoms with Gasteiger partial charge in [-0.15, -0.1) is 0 Å². The summed E-state index contributed by atoms with van der Waals surface area (Å²) in [6.07, 6.45) is 10.5. The zero-order chi connectivity index (χ0) is 30.8. The van der Waals surface area contributed by atoms with Crippen molar-refractivity contribution in [1.29, 1.82) is 0 Å². The van der Waals surface area contributed by atoms with E-state index in [-0.39, 0.29) is 25.6 Å². The standard InChI is InChI=1S/C33H43F3N2O4/c1-3-5-6-7-8-9-10-11-12-13-14-15-30(39)37-29-22-18-27(19-23-29)25-38(31(40)32(41)42-4-2)24-26-16-20-28(21-17-26)33(34,35)36/h7-8,16-23H,3-6,9-15,24-25H2,1-2H3,(H,37,39). The number of carbonyl (C=O) groups is 3. The predicted octanol–water partition coefficient (Wildman–Crippen LogP) is 8.21. The lowest BCUT2D eigenvalue weighted by molar-refractivity contribution is -0.160. The van der Waals surface area contributed by atoms with Crippen LogP contribution < -0.4 is 5.32 Å². The van der Waals surface area contributed by atoms with Crippen LogP contribution in [0.2, 0.25) is 0 Å². The second kappa shape index (κ2) is 18.7. The van der Waals surface area contributed by atoms with Crippen LogP contribution in [0.15, 0.2) is 60.7 Å². The predicted molar refractivity (Wildman–Crippen MR) is 158 cm³/mol. The van der Waals surface area contributed by atoms with E-state index in [1.807, 2.05) is 0 Å². The fourth-order valence-corrected chi connectivity index (χ4v) is 4.31. The fourth-order valence-electron chi connectivity index (χ4n) is 4.31. The largest absolute Gasteiger partial charge is 0.459 e. The Hall–Kier alpha value is -3.62. The molecule has 2 rings (SSSR count). The van der Waals surface area contributed by atoms with E-state index in [0.717, 1.165) is 50.7 Å². The van der Waals surface area contributed by atoms with Crippen LogP contribution in [0, 0.1) is 0 Å². The van der Waals surface area contributed by atoms with E-state index in [1.165, 1.54) is 36.3 Å². The molecule has 0 atom stereocenters. The number of nitrogens with zero attached hydrogens (tertiary/aromatic N) is 1. The summed E-state index contributed by atoms with van der Waals surface area (Å²) in [7, 11) is 0. The van der Waals surface area contributed by atoms with Gasteiger partial charge in [0.05, 0.1) is 12.2 Å². The highest BCUT2D eigenvalue weighted by Gasteiger charge is 2.30. The maximum atomic E-state index is 12.9. The van der Waals surface area contributed by atoms with Crippen molar-refractivity contribution in [3.63, 3.8) is 0 Å². The Kier molecular flexibility index (Phi) is 15.4. The summed E-state index contributed by atoms with van der Waals surface area (Å²) >= 11 is 0. The number of rotatable bonds is 17. The average molecular weight is 589 g/mol. The number of esters is 1. The van der Waals surface area contributed by atoms with Gasteiger partial charge in [-0.1, -0.05) is 75.4 Å². The first-order chi connectivity index (χ1) is 20.1. The van der Waals surface area contributed by atoms with Crippen molar-refractivity contribution in [2.24, 2.45) is 0 Å². The van der Waals surface area contributed by atoms with Gasteiger partial charge in [0.15, 0.2) is 0 Å². The summed E-state index contributed by atoms with van der Waals surface area (Å²) in [6, 6.07) is 11.3. The molecule has 0 bridgehead atoms. The topological polar surface area (TPSA) is 75.7 Å². The molecule has 2 aromatic carbocycles. The lowest BCUT2D eigenvalue weighted by atomic mass is 10.1. The number of amides is 2. The van der Waals surface area contributed by atoms with Crippen LogP contribution in [0.5, 0.6) is 0 Å². The molecule has 1 N–H and O–H groups in total. The Balaban J connectivity index is 1.84. The summed E-state index contributed by atoms with van der Waals surface area (Å²) in [5.41, 5.74) is 0.930. The van der Waals surface area contributed by atoms with E-state index >= 15 is 0 Å². The van der Waals surface area contributed by atoms with E-state index in [0.29, 0.717) is 23.2 Å². The number of benzene rings is 2. The molecule has 0 saturated heterocycles. The van der Waals surface area contributed by atoms with Crippen LogP contribution in [-0.4, -0.2) is 29.3 Å². The first kappa shape index (κ1) is 34.6. The summed E-state index contributed by atoms with van der Waals surface area (Å²) in [5.74, 6) is -1.99. The SMILES string of the molecule is CCCCC=CCCCCCCCC(=O)Nc1ccc(CN(Cc2ccc(C(F)(F)F)cc2)C(=O)C(=O)OCC)cc1.